The van der Waals surface area contributed by atoms with Crippen molar-refractivity contribution in [3.8, 4) is 11.5 Å². The Kier molecular flexibility index (Phi) is 8.43. The molecule has 198 valence electrons. The second-order valence-corrected chi connectivity index (χ2v) is 10.9. The number of ether oxygens (including phenoxy) is 2. The lowest BCUT2D eigenvalue weighted by Gasteiger charge is -2.15. The fourth-order valence-corrected chi connectivity index (χ4v) is 5.31. The van der Waals surface area contributed by atoms with E-state index in [0.717, 1.165) is 38.1 Å². The molecule has 0 amide bonds. The maximum atomic E-state index is 13.5. The lowest BCUT2D eigenvalue weighted by Crippen LogP contribution is -2.22. The molecule has 5 rings (SSSR count). The molecule has 0 aliphatic heterocycles. The number of hydrogen-bond acceptors (Lipinski definition) is 5. The third kappa shape index (κ3) is 5.92. The van der Waals surface area contributed by atoms with Crippen LogP contribution in [0.2, 0.25) is 0 Å². The molecule has 0 saturated carbocycles. The number of nitrogens with zero attached hydrogens (tertiary/aromatic N) is 3. The average molecular weight is 649 g/mol. The van der Waals surface area contributed by atoms with Gasteiger partial charge in [-0.05, 0) is 53.1 Å². The second-order valence-electron chi connectivity index (χ2n) is 9.11. The van der Waals surface area contributed by atoms with Crippen molar-refractivity contribution in [3.63, 3.8) is 0 Å². The van der Waals surface area contributed by atoms with E-state index < -0.39 is 0 Å². The largest absolute Gasteiger partial charge is 0.493 e. The molecule has 4 aromatic carbocycles. The Labute approximate surface area is 243 Å². The first-order valence-electron chi connectivity index (χ1n) is 12.7. The molecule has 0 aliphatic carbocycles. The van der Waals surface area contributed by atoms with Gasteiger partial charge in [0, 0.05) is 20.9 Å². The van der Waals surface area contributed by atoms with Gasteiger partial charge >= 0.3 is 0 Å². The molecule has 39 heavy (non-hydrogen) atoms. The summed E-state index contributed by atoms with van der Waals surface area (Å²) in [6.07, 6.45) is 4.15. The Morgan fingerprint density at radius 1 is 0.974 bits per heavy atom. The first kappa shape index (κ1) is 27.1. The summed E-state index contributed by atoms with van der Waals surface area (Å²) in [7, 11) is 1.60. The molecule has 0 N–H and O–H groups in total. The maximum absolute atomic E-state index is 13.5. The molecule has 0 saturated heterocycles. The molecule has 6 nitrogen and oxygen atoms in total. The van der Waals surface area contributed by atoms with Crippen molar-refractivity contribution in [2.45, 2.75) is 32.8 Å². The number of benzene rings is 4. The van der Waals surface area contributed by atoms with Crippen LogP contribution in [-0.2, 0) is 13.0 Å². The van der Waals surface area contributed by atoms with Gasteiger partial charge in [0.1, 0.15) is 12.4 Å². The Morgan fingerprint density at radius 3 is 2.62 bits per heavy atom. The molecule has 0 spiro atoms. The summed E-state index contributed by atoms with van der Waals surface area (Å²) in [5, 5.41) is 7.42. The molecular weight excluding hydrogens is 622 g/mol. The number of halogens is 2. The Balaban J connectivity index is 1.56. The number of aromatic nitrogens is 2. The summed E-state index contributed by atoms with van der Waals surface area (Å²) in [6.45, 7) is 2.45. The van der Waals surface area contributed by atoms with E-state index in [1.807, 2.05) is 42.5 Å². The van der Waals surface area contributed by atoms with E-state index >= 15 is 0 Å². The van der Waals surface area contributed by atoms with E-state index in [0.29, 0.717) is 46.8 Å². The van der Waals surface area contributed by atoms with Crippen molar-refractivity contribution in [1.29, 1.82) is 0 Å². The molecule has 5 aromatic rings. The fourth-order valence-electron chi connectivity index (χ4n) is 4.49. The predicted octanol–water partition coefficient (Wildman–Crippen LogP) is 7.89. The van der Waals surface area contributed by atoms with Gasteiger partial charge in [0.25, 0.3) is 5.56 Å². The Bertz CT molecular complexity index is 1740. The smallest absolute Gasteiger partial charge is 0.282 e. The summed E-state index contributed by atoms with van der Waals surface area (Å²) in [6, 6.07) is 23.6. The number of fused-ring (bicyclic) bond motifs is 2. The van der Waals surface area contributed by atoms with Gasteiger partial charge in [-0.3, -0.25) is 4.79 Å². The number of rotatable bonds is 9. The fraction of sp³-hybridized carbons (Fsp3) is 0.194. The normalized spacial score (nSPS) is 11.5. The topological polar surface area (TPSA) is 65.7 Å². The SMILES string of the molecule is CCCCc1nc2ccc(Br)cc2c(=O)n1N=Cc1cc(Br)cc(OC)c1OCc1cccc2ccccc12. The highest BCUT2D eigenvalue weighted by atomic mass is 79.9. The molecule has 1 heterocycles. The van der Waals surface area contributed by atoms with Crippen molar-refractivity contribution in [1.82, 2.24) is 9.66 Å². The van der Waals surface area contributed by atoms with E-state index in [-0.39, 0.29) is 5.56 Å². The summed E-state index contributed by atoms with van der Waals surface area (Å²) in [5.41, 5.74) is 2.17. The number of aryl methyl sites for hydroxylation is 1. The van der Waals surface area contributed by atoms with Crippen LogP contribution < -0.4 is 15.0 Å². The number of unbranched alkanes of at least 4 members (excludes halogenated alkanes) is 1. The summed E-state index contributed by atoms with van der Waals surface area (Å²) in [5.74, 6) is 1.72. The minimum atomic E-state index is -0.219. The van der Waals surface area contributed by atoms with E-state index in [4.69, 9.17) is 14.5 Å². The standard InChI is InChI=1S/C31H27Br2N3O3/c1-3-4-12-29-35-27-14-13-23(32)16-26(27)31(37)36(29)34-18-22-15-24(33)17-28(38-2)30(22)39-19-21-10-7-9-20-8-5-6-11-25(20)21/h5-11,13-18H,3-4,12,19H2,1-2H3. The molecule has 0 bridgehead atoms. The van der Waals surface area contributed by atoms with Gasteiger partial charge in [-0.15, -0.1) is 0 Å². The molecule has 1 aromatic heterocycles. The van der Waals surface area contributed by atoms with E-state index in [1.54, 1.807) is 19.4 Å². The zero-order chi connectivity index (χ0) is 27.4. The lowest BCUT2D eigenvalue weighted by molar-refractivity contribution is 0.285. The maximum Gasteiger partial charge on any atom is 0.282 e. The molecule has 0 atom stereocenters. The van der Waals surface area contributed by atoms with Crippen LogP contribution in [0.25, 0.3) is 21.7 Å². The van der Waals surface area contributed by atoms with Gasteiger partial charge < -0.3 is 9.47 Å². The molecule has 0 aliphatic rings. The third-order valence-corrected chi connectivity index (χ3v) is 7.41. The van der Waals surface area contributed by atoms with Crippen LogP contribution in [0.1, 0.15) is 36.7 Å². The van der Waals surface area contributed by atoms with Gasteiger partial charge in [0.15, 0.2) is 11.5 Å². The van der Waals surface area contributed by atoms with Gasteiger partial charge in [-0.25, -0.2) is 4.98 Å². The zero-order valence-corrected chi connectivity index (χ0v) is 24.8. The second kappa shape index (κ2) is 12.1. The van der Waals surface area contributed by atoms with E-state index in [9.17, 15) is 4.79 Å². The Morgan fingerprint density at radius 2 is 1.79 bits per heavy atom. The minimum absolute atomic E-state index is 0.219. The molecule has 0 radical (unpaired) electrons. The molecule has 0 unspecified atom stereocenters. The summed E-state index contributed by atoms with van der Waals surface area (Å²) < 4.78 is 15.0. The van der Waals surface area contributed by atoms with Gasteiger partial charge in [0.05, 0.1) is 24.2 Å². The highest BCUT2D eigenvalue weighted by Crippen LogP contribution is 2.35. The highest BCUT2D eigenvalue weighted by Gasteiger charge is 2.15. The van der Waals surface area contributed by atoms with Crippen LogP contribution in [0.4, 0.5) is 0 Å². The van der Waals surface area contributed by atoms with Crippen LogP contribution in [0, 0.1) is 0 Å². The van der Waals surface area contributed by atoms with E-state index in [1.165, 1.54) is 4.68 Å². The molecular formula is C31H27Br2N3O3. The van der Waals surface area contributed by atoms with Crippen LogP contribution >= 0.6 is 31.9 Å². The van der Waals surface area contributed by atoms with Gasteiger partial charge in [0.2, 0.25) is 0 Å². The van der Waals surface area contributed by atoms with E-state index in [2.05, 4.69) is 68.2 Å². The summed E-state index contributed by atoms with van der Waals surface area (Å²) in [4.78, 5) is 18.3. The first-order chi connectivity index (χ1) is 19.0. The monoisotopic (exact) mass is 647 g/mol. The van der Waals surface area contributed by atoms with Crippen LogP contribution in [0.15, 0.2) is 91.6 Å². The lowest BCUT2D eigenvalue weighted by atomic mass is 10.1. The predicted molar refractivity (Wildman–Crippen MR) is 164 cm³/mol. The quantitative estimate of drug-likeness (QED) is 0.153. The van der Waals surface area contributed by atoms with Crippen molar-refractivity contribution in [3.05, 3.63) is 109 Å². The number of methoxy groups -OCH3 is 1. The van der Waals surface area contributed by atoms with Crippen molar-refractivity contribution >= 4 is 59.7 Å². The number of hydrogen-bond donors (Lipinski definition) is 0. The third-order valence-electron chi connectivity index (χ3n) is 6.46. The molecule has 8 heteroatoms. The first-order valence-corrected chi connectivity index (χ1v) is 14.3. The average Bonchev–Trinajstić information content (AvgIpc) is 2.95. The van der Waals surface area contributed by atoms with Crippen LogP contribution in [0.5, 0.6) is 11.5 Å². The van der Waals surface area contributed by atoms with Crippen LogP contribution in [0.3, 0.4) is 0 Å². The zero-order valence-electron chi connectivity index (χ0n) is 21.7. The molecule has 0 fully saturated rings. The van der Waals surface area contributed by atoms with Crippen molar-refractivity contribution in [2.75, 3.05) is 7.11 Å². The van der Waals surface area contributed by atoms with Crippen molar-refractivity contribution in [2.24, 2.45) is 5.10 Å². The Hall–Kier alpha value is -3.49. The summed E-state index contributed by atoms with van der Waals surface area (Å²) >= 11 is 7.03. The van der Waals surface area contributed by atoms with Gasteiger partial charge in [-0.2, -0.15) is 9.78 Å². The minimum Gasteiger partial charge on any atom is -0.493 e. The highest BCUT2D eigenvalue weighted by molar-refractivity contribution is 9.10. The van der Waals surface area contributed by atoms with Crippen LogP contribution in [-0.4, -0.2) is 23.0 Å². The van der Waals surface area contributed by atoms with Gasteiger partial charge in [-0.1, -0.05) is 87.7 Å². The van der Waals surface area contributed by atoms with Crippen molar-refractivity contribution < 1.29 is 9.47 Å².